The summed E-state index contributed by atoms with van der Waals surface area (Å²) in [6, 6.07) is 0. The van der Waals surface area contributed by atoms with Crippen LogP contribution in [0.15, 0.2) is 16.8 Å². The SMILES string of the molecule is CC(CCC=CCl)=NO. The number of rotatable bonds is 3. The molecule has 0 fully saturated rings. The molecule has 0 saturated carbocycles. The van der Waals surface area contributed by atoms with E-state index in [0.29, 0.717) is 0 Å². The van der Waals surface area contributed by atoms with Crippen molar-refractivity contribution >= 4 is 17.3 Å². The molecule has 0 unspecified atom stereocenters. The molecule has 0 rings (SSSR count). The lowest BCUT2D eigenvalue weighted by Gasteiger charge is -1.89. The lowest BCUT2D eigenvalue weighted by molar-refractivity contribution is 0.317. The fraction of sp³-hybridized carbons (Fsp3) is 0.500. The Labute approximate surface area is 59.8 Å². The van der Waals surface area contributed by atoms with Crippen LogP contribution >= 0.6 is 11.6 Å². The van der Waals surface area contributed by atoms with Crippen molar-refractivity contribution in [3.05, 3.63) is 11.6 Å². The molecule has 9 heavy (non-hydrogen) atoms. The van der Waals surface area contributed by atoms with Crippen molar-refractivity contribution in [1.82, 2.24) is 0 Å². The second-order valence-corrected chi connectivity index (χ2v) is 1.99. The molecule has 0 aliphatic carbocycles. The molecule has 0 aliphatic heterocycles. The van der Waals surface area contributed by atoms with Crippen LogP contribution in [0.1, 0.15) is 19.8 Å². The van der Waals surface area contributed by atoms with Gasteiger partial charge in [0.1, 0.15) is 0 Å². The minimum atomic E-state index is 0.727. The Kier molecular flexibility index (Phi) is 5.32. The maximum Gasteiger partial charge on any atom is 0.0543 e. The number of nitrogens with zero attached hydrogens (tertiary/aromatic N) is 1. The minimum absolute atomic E-state index is 0.727. The van der Waals surface area contributed by atoms with E-state index in [1.165, 1.54) is 5.54 Å². The lowest BCUT2D eigenvalue weighted by atomic mass is 10.2. The predicted octanol–water partition coefficient (Wildman–Crippen LogP) is 2.37. The van der Waals surface area contributed by atoms with Crippen molar-refractivity contribution in [2.75, 3.05) is 0 Å². The molecule has 0 spiro atoms. The first-order chi connectivity index (χ1) is 4.31. The lowest BCUT2D eigenvalue weighted by Crippen LogP contribution is -1.88. The Hall–Kier alpha value is -0.500. The second-order valence-electron chi connectivity index (χ2n) is 1.74. The molecule has 0 aromatic heterocycles. The van der Waals surface area contributed by atoms with Crippen molar-refractivity contribution in [3.63, 3.8) is 0 Å². The zero-order chi connectivity index (χ0) is 7.11. The van der Waals surface area contributed by atoms with Gasteiger partial charge in [-0.2, -0.15) is 0 Å². The Morgan fingerprint density at radius 1 is 1.78 bits per heavy atom. The molecule has 1 N–H and O–H groups in total. The van der Waals surface area contributed by atoms with E-state index in [-0.39, 0.29) is 0 Å². The van der Waals surface area contributed by atoms with E-state index >= 15 is 0 Å². The van der Waals surface area contributed by atoms with Crippen LogP contribution in [0.2, 0.25) is 0 Å². The van der Waals surface area contributed by atoms with Crippen molar-refractivity contribution < 1.29 is 5.21 Å². The van der Waals surface area contributed by atoms with Gasteiger partial charge in [0.2, 0.25) is 0 Å². The third-order valence-electron chi connectivity index (χ3n) is 0.933. The average Bonchev–Trinajstić information content (AvgIpc) is 1.89. The third kappa shape index (κ3) is 5.37. The van der Waals surface area contributed by atoms with E-state index in [9.17, 15) is 0 Å². The molecule has 0 radical (unpaired) electrons. The molecule has 0 saturated heterocycles. The highest BCUT2D eigenvalue weighted by Gasteiger charge is 1.86. The van der Waals surface area contributed by atoms with Crippen LogP contribution in [0, 0.1) is 0 Å². The largest absolute Gasteiger partial charge is 0.411 e. The number of halogens is 1. The van der Waals surface area contributed by atoms with E-state index in [1.807, 2.05) is 6.08 Å². The fourth-order valence-electron chi connectivity index (χ4n) is 0.405. The Bertz CT molecular complexity index is 120. The summed E-state index contributed by atoms with van der Waals surface area (Å²) in [5, 5.41) is 11.2. The highest BCUT2D eigenvalue weighted by Crippen LogP contribution is 1.94. The predicted molar refractivity (Wildman–Crippen MR) is 39.1 cm³/mol. The molecule has 0 aliphatic rings. The number of hydrogen-bond acceptors (Lipinski definition) is 2. The van der Waals surface area contributed by atoms with E-state index < -0.39 is 0 Å². The summed E-state index contributed by atoms with van der Waals surface area (Å²) in [5.74, 6) is 0. The molecule has 3 heteroatoms. The van der Waals surface area contributed by atoms with Crippen LogP contribution in [0.5, 0.6) is 0 Å². The highest BCUT2D eigenvalue weighted by molar-refractivity contribution is 6.25. The molecule has 0 atom stereocenters. The van der Waals surface area contributed by atoms with Gasteiger partial charge in [-0.15, -0.1) is 0 Å². The summed E-state index contributed by atoms with van der Waals surface area (Å²) >= 11 is 5.25. The first-order valence-corrected chi connectivity index (χ1v) is 3.17. The standard InChI is InChI=1S/C6H10ClNO/c1-6(8-9)4-2-3-5-7/h3,5,9H,2,4H2,1H3. The minimum Gasteiger partial charge on any atom is -0.411 e. The maximum absolute atomic E-state index is 8.16. The van der Waals surface area contributed by atoms with Gasteiger partial charge in [0.15, 0.2) is 0 Å². The molecule has 0 bridgehead atoms. The van der Waals surface area contributed by atoms with Crippen LogP contribution in [0.4, 0.5) is 0 Å². The van der Waals surface area contributed by atoms with Crippen LogP contribution < -0.4 is 0 Å². The molecule has 0 amide bonds. The van der Waals surface area contributed by atoms with Gasteiger partial charge in [-0.1, -0.05) is 22.8 Å². The summed E-state index contributed by atoms with van der Waals surface area (Å²) in [6.07, 6.45) is 3.41. The number of oxime groups is 1. The normalized spacial score (nSPS) is 12.9. The van der Waals surface area contributed by atoms with Gasteiger partial charge < -0.3 is 5.21 Å². The Balaban J connectivity index is 3.28. The van der Waals surface area contributed by atoms with Crippen molar-refractivity contribution in [1.29, 1.82) is 0 Å². The van der Waals surface area contributed by atoms with E-state index in [2.05, 4.69) is 5.16 Å². The summed E-state index contributed by atoms with van der Waals surface area (Å²) in [6.45, 7) is 1.77. The first kappa shape index (κ1) is 8.50. The first-order valence-electron chi connectivity index (χ1n) is 2.74. The third-order valence-corrected chi connectivity index (χ3v) is 1.11. The molecular weight excluding hydrogens is 138 g/mol. The Morgan fingerprint density at radius 3 is 2.89 bits per heavy atom. The van der Waals surface area contributed by atoms with Crippen LogP contribution in [-0.4, -0.2) is 10.9 Å². The van der Waals surface area contributed by atoms with Gasteiger partial charge in [0.25, 0.3) is 0 Å². The van der Waals surface area contributed by atoms with Gasteiger partial charge in [-0.3, -0.25) is 0 Å². The summed E-state index contributed by atoms with van der Waals surface area (Å²) < 4.78 is 0. The van der Waals surface area contributed by atoms with Gasteiger partial charge in [-0.25, -0.2) is 0 Å². The molecular formula is C6H10ClNO. The van der Waals surface area contributed by atoms with Crippen molar-refractivity contribution in [3.8, 4) is 0 Å². The maximum atomic E-state index is 8.16. The molecule has 0 aromatic carbocycles. The number of hydrogen-bond donors (Lipinski definition) is 1. The summed E-state index contributed by atoms with van der Waals surface area (Å²) in [7, 11) is 0. The van der Waals surface area contributed by atoms with Gasteiger partial charge in [-0.05, 0) is 19.8 Å². The smallest absolute Gasteiger partial charge is 0.0543 e. The van der Waals surface area contributed by atoms with Gasteiger partial charge >= 0.3 is 0 Å². The highest BCUT2D eigenvalue weighted by atomic mass is 35.5. The van der Waals surface area contributed by atoms with E-state index in [0.717, 1.165) is 18.6 Å². The van der Waals surface area contributed by atoms with Crippen molar-refractivity contribution in [2.45, 2.75) is 19.8 Å². The van der Waals surface area contributed by atoms with Crippen LogP contribution in [0.3, 0.4) is 0 Å². The zero-order valence-electron chi connectivity index (χ0n) is 5.34. The second kappa shape index (κ2) is 5.63. The fourth-order valence-corrected chi connectivity index (χ4v) is 0.531. The van der Waals surface area contributed by atoms with Crippen LogP contribution in [0.25, 0.3) is 0 Å². The molecule has 52 valence electrons. The van der Waals surface area contributed by atoms with Crippen molar-refractivity contribution in [2.24, 2.45) is 5.16 Å². The van der Waals surface area contributed by atoms with E-state index in [4.69, 9.17) is 16.8 Å². The molecule has 2 nitrogen and oxygen atoms in total. The average molecular weight is 148 g/mol. The monoisotopic (exact) mass is 147 g/mol. The summed E-state index contributed by atoms with van der Waals surface area (Å²) in [4.78, 5) is 0. The topological polar surface area (TPSA) is 32.6 Å². The summed E-state index contributed by atoms with van der Waals surface area (Å²) in [5.41, 5.74) is 2.19. The number of allylic oxidation sites excluding steroid dienone is 1. The quantitative estimate of drug-likeness (QED) is 0.371. The molecule has 0 aromatic rings. The van der Waals surface area contributed by atoms with Gasteiger partial charge in [0.05, 0.1) is 5.71 Å². The molecule has 0 heterocycles. The van der Waals surface area contributed by atoms with Gasteiger partial charge in [0, 0.05) is 5.54 Å². The van der Waals surface area contributed by atoms with Crippen LogP contribution in [-0.2, 0) is 0 Å². The zero-order valence-corrected chi connectivity index (χ0v) is 6.10. The Morgan fingerprint density at radius 2 is 2.44 bits per heavy atom. The van der Waals surface area contributed by atoms with E-state index in [1.54, 1.807) is 6.92 Å².